The van der Waals surface area contributed by atoms with Crippen LogP contribution in [-0.4, -0.2) is 30.6 Å². The molecule has 2 amide bonds. The molecule has 0 spiro atoms. The van der Waals surface area contributed by atoms with Crippen LogP contribution in [0.1, 0.15) is 22.8 Å². The van der Waals surface area contributed by atoms with Crippen LogP contribution in [-0.2, 0) is 11.3 Å². The highest BCUT2D eigenvalue weighted by Crippen LogP contribution is 2.33. The highest BCUT2D eigenvalue weighted by atomic mass is 16.5. The predicted molar refractivity (Wildman–Crippen MR) is 131 cm³/mol. The number of nitrogens with one attached hydrogen (secondary N) is 1. The van der Waals surface area contributed by atoms with E-state index in [0.29, 0.717) is 11.5 Å². The molecule has 0 unspecified atom stereocenters. The summed E-state index contributed by atoms with van der Waals surface area (Å²) in [5, 5.41) is 5.00. The van der Waals surface area contributed by atoms with Gasteiger partial charge in [-0.1, -0.05) is 24.3 Å². The highest BCUT2D eigenvalue weighted by molar-refractivity contribution is 6.10. The molecule has 0 aliphatic rings. The first kappa shape index (κ1) is 22.0. The second-order valence-corrected chi connectivity index (χ2v) is 7.48. The molecule has 3 N–H and O–H groups in total. The van der Waals surface area contributed by atoms with Crippen LogP contribution in [0.2, 0.25) is 0 Å². The Morgan fingerprint density at radius 1 is 0.970 bits per heavy atom. The number of primary amides is 1. The number of aryl methyl sites for hydroxylation is 1. The zero-order valence-corrected chi connectivity index (χ0v) is 18.7. The quantitative estimate of drug-likeness (QED) is 0.409. The summed E-state index contributed by atoms with van der Waals surface area (Å²) in [5.41, 5.74) is 9.07. The Hall–Kier alpha value is -4.26. The number of ether oxygens (including phenoxy) is 2. The number of amides is 2. The molecule has 0 radical (unpaired) electrons. The van der Waals surface area contributed by atoms with Gasteiger partial charge in [0.05, 0.1) is 25.5 Å². The molecule has 0 bridgehead atoms. The number of hydrogen-bond donors (Lipinski definition) is 2. The van der Waals surface area contributed by atoms with Gasteiger partial charge in [-0.15, -0.1) is 0 Å². The Morgan fingerprint density at radius 3 is 2.36 bits per heavy atom. The van der Waals surface area contributed by atoms with E-state index in [1.54, 1.807) is 6.08 Å². The van der Waals surface area contributed by atoms with Gasteiger partial charge in [0.25, 0.3) is 5.91 Å². The molecule has 4 rings (SSSR count). The maximum atomic E-state index is 12.6. The predicted octanol–water partition coefficient (Wildman–Crippen LogP) is 4.58. The van der Waals surface area contributed by atoms with E-state index in [9.17, 15) is 9.59 Å². The van der Waals surface area contributed by atoms with Crippen LogP contribution in [0.5, 0.6) is 11.5 Å². The Labute approximate surface area is 191 Å². The summed E-state index contributed by atoms with van der Waals surface area (Å²) in [6.45, 7) is 2.99. The molecule has 3 aromatic carbocycles. The maximum absolute atomic E-state index is 12.6. The zero-order chi connectivity index (χ0) is 23.5. The van der Waals surface area contributed by atoms with E-state index < -0.39 is 11.8 Å². The minimum Gasteiger partial charge on any atom is -0.493 e. The van der Waals surface area contributed by atoms with E-state index in [1.807, 2.05) is 18.2 Å². The summed E-state index contributed by atoms with van der Waals surface area (Å²) >= 11 is 0. The number of anilines is 1. The van der Waals surface area contributed by atoms with Crippen LogP contribution in [0.4, 0.5) is 5.69 Å². The summed E-state index contributed by atoms with van der Waals surface area (Å²) in [6.07, 6.45) is 3.15. The molecule has 4 aromatic rings. The number of rotatable bonds is 7. The Kier molecular flexibility index (Phi) is 6.04. The largest absolute Gasteiger partial charge is 0.493 e. The van der Waals surface area contributed by atoms with Crippen molar-refractivity contribution in [3.05, 3.63) is 71.8 Å². The SMILES string of the molecule is CCn1c2ccccc2c2cc(C=CC(=O)Nc3cc(OC)c(OC)cc3C(N)=O)ccc21. The van der Waals surface area contributed by atoms with E-state index in [-0.39, 0.29) is 11.3 Å². The number of methoxy groups -OCH3 is 2. The third kappa shape index (κ3) is 4.13. The summed E-state index contributed by atoms with van der Waals surface area (Å²) in [7, 11) is 2.93. The second kappa shape index (κ2) is 9.08. The van der Waals surface area contributed by atoms with Gasteiger partial charge in [0, 0.05) is 40.5 Å². The average Bonchev–Trinajstić information content (AvgIpc) is 3.15. The van der Waals surface area contributed by atoms with Crippen molar-refractivity contribution in [1.82, 2.24) is 4.57 Å². The number of benzene rings is 3. The molecular formula is C26H25N3O4. The topological polar surface area (TPSA) is 95.6 Å². The van der Waals surface area contributed by atoms with E-state index in [1.165, 1.54) is 43.3 Å². The first-order chi connectivity index (χ1) is 16.0. The maximum Gasteiger partial charge on any atom is 0.250 e. The molecule has 0 fully saturated rings. The Morgan fingerprint density at radius 2 is 1.67 bits per heavy atom. The molecule has 0 aliphatic heterocycles. The van der Waals surface area contributed by atoms with Crippen LogP contribution in [0.15, 0.2) is 60.7 Å². The molecule has 0 atom stereocenters. The molecular weight excluding hydrogens is 418 g/mol. The summed E-state index contributed by atoms with van der Waals surface area (Å²) < 4.78 is 12.7. The van der Waals surface area contributed by atoms with Gasteiger partial charge in [-0.05, 0) is 42.8 Å². The minimum atomic E-state index is -0.687. The van der Waals surface area contributed by atoms with Gasteiger partial charge in [0.15, 0.2) is 11.5 Å². The van der Waals surface area contributed by atoms with Crippen molar-refractivity contribution in [1.29, 1.82) is 0 Å². The van der Waals surface area contributed by atoms with Crippen molar-refractivity contribution >= 4 is 45.4 Å². The average molecular weight is 444 g/mol. The smallest absolute Gasteiger partial charge is 0.250 e. The minimum absolute atomic E-state index is 0.128. The first-order valence-corrected chi connectivity index (χ1v) is 10.5. The lowest BCUT2D eigenvalue weighted by Crippen LogP contribution is -2.17. The number of carbonyl (C=O) groups is 2. The van der Waals surface area contributed by atoms with Gasteiger partial charge in [-0.3, -0.25) is 9.59 Å². The van der Waals surface area contributed by atoms with Crippen molar-refractivity contribution in [3.8, 4) is 11.5 Å². The van der Waals surface area contributed by atoms with Crippen molar-refractivity contribution in [3.63, 3.8) is 0 Å². The number of nitrogens with zero attached hydrogens (tertiary/aromatic N) is 1. The van der Waals surface area contributed by atoms with Gasteiger partial charge >= 0.3 is 0 Å². The number of carbonyl (C=O) groups excluding carboxylic acids is 2. The van der Waals surface area contributed by atoms with Crippen molar-refractivity contribution < 1.29 is 19.1 Å². The van der Waals surface area contributed by atoms with E-state index >= 15 is 0 Å². The van der Waals surface area contributed by atoms with Gasteiger partial charge in [0.1, 0.15) is 0 Å². The van der Waals surface area contributed by atoms with Crippen molar-refractivity contribution in [2.75, 3.05) is 19.5 Å². The highest BCUT2D eigenvalue weighted by Gasteiger charge is 2.16. The molecule has 0 aliphatic carbocycles. The second-order valence-electron chi connectivity index (χ2n) is 7.48. The third-order valence-corrected chi connectivity index (χ3v) is 5.59. The number of nitrogens with two attached hydrogens (primary N) is 1. The lowest BCUT2D eigenvalue weighted by Gasteiger charge is -2.13. The molecule has 7 heteroatoms. The molecule has 168 valence electrons. The molecule has 0 saturated carbocycles. The lowest BCUT2D eigenvalue weighted by molar-refractivity contribution is -0.111. The monoisotopic (exact) mass is 443 g/mol. The fraction of sp³-hybridized carbons (Fsp3) is 0.154. The molecule has 33 heavy (non-hydrogen) atoms. The summed E-state index contributed by atoms with van der Waals surface area (Å²) in [5.74, 6) is -0.368. The third-order valence-electron chi connectivity index (χ3n) is 5.59. The normalized spacial score (nSPS) is 11.2. The van der Waals surface area contributed by atoms with Crippen molar-refractivity contribution in [2.45, 2.75) is 13.5 Å². The van der Waals surface area contributed by atoms with Crippen LogP contribution in [0.3, 0.4) is 0 Å². The lowest BCUT2D eigenvalue weighted by atomic mass is 10.1. The van der Waals surface area contributed by atoms with E-state index in [2.05, 4.69) is 41.1 Å². The standard InChI is InChI=1S/C26H25N3O4/c1-4-29-21-8-6-5-7-17(21)18-13-16(9-11-22(18)29)10-12-25(30)28-20-15-24(33-3)23(32-2)14-19(20)26(27)31/h5-15H,4H2,1-3H3,(H2,27,31)(H,28,30). The van der Waals surface area contributed by atoms with Crippen molar-refractivity contribution in [2.24, 2.45) is 5.73 Å². The van der Waals surface area contributed by atoms with Gasteiger partial charge in [-0.25, -0.2) is 0 Å². The molecule has 0 saturated heterocycles. The zero-order valence-electron chi connectivity index (χ0n) is 18.7. The fourth-order valence-electron chi connectivity index (χ4n) is 4.05. The van der Waals surface area contributed by atoms with E-state index in [0.717, 1.165) is 23.0 Å². The molecule has 1 aromatic heterocycles. The van der Waals surface area contributed by atoms with Crippen LogP contribution in [0, 0.1) is 0 Å². The summed E-state index contributed by atoms with van der Waals surface area (Å²) in [6, 6.07) is 17.3. The number of hydrogen-bond acceptors (Lipinski definition) is 4. The Balaban J connectivity index is 1.63. The van der Waals surface area contributed by atoms with Crippen LogP contribution < -0.4 is 20.5 Å². The van der Waals surface area contributed by atoms with Crippen LogP contribution in [0.25, 0.3) is 27.9 Å². The number of para-hydroxylation sites is 1. The van der Waals surface area contributed by atoms with E-state index in [4.69, 9.17) is 15.2 Å². The number of aromatic nitrogens is 1. The first-order valence-electron chi connectivity index (χ1n) is 10.5. The number of fused-ring (bicyclic) bond motifs is 3. The van der Waals surface area contributed by atoms with Gasteiger partial charge in [0.2, 0.25) is 5.91 Å². The summed E-state index contributed by atoms with van der Waals surface area (Å²) in [4.78, 5) is 24.5. The Bertz CT molecular complexity index is 1400. The fourth-order valence-corrected chi connectivity index (χ4v) is 4.05. The molecule has 1 heterocycles. The van der Waals surface area contributed by atoms with Gasteiger partial charge < -0.3 is 25.1 Å². The molecule has 7 nitrogen and oxygen atoms in total. The van der Waals surface area contributed by atoms with Gasteiger partial charge in [-0.2, -0.15) is 0 Å². The van der Waals surface area contributed by atoms with Crippen LogP contribution >= 0.6 is 0 Å².